The molecular weight excluding hydrogens is 1440 g/mol. The molecule has 19 aromatic rings. The highest BCUT2D eigenvalue weighted by atomic mass is 32.1. The number of fused-ring (bicyclic) bond motifs is 12. The predicted molar refractivity (Wildman–Crippen MR) is 493 cm³/mol. The van der Waals surface area contributed by atoms with Crippen LogP contribution < -0.4 is 22.8 Å². The van der Waals surface area contributed by atoms with E-state index in [1.807, 2.05) is 96.3 Å². The molecule has 0 saturated carbocycles. The molecule has 0 atom stereocenters. The first-order valence-corrected chi connectivity index (χ1v) is 41.5. The van der Waals surface area contributed by atoms with Gasteiger partial charge in [0, 0.05) is 85.7 Å². The van der Waals surface area contributed by atoms with Gasteiger partial charge in [0.2, 0.25) is 28.5 Å². The molecule has 7 aromatic heterocycles. The smallest absolute Gasteiger partial charge is 0.221 e. The van der Waals surface area contributed by atoms with Gasteiger partial charge in [0.25, 0.3) is 0 Å². The Bertz CT molecular complexity index is 7420. The molecule has 0 radical (unpaired) electrons. The van der Waals surface area contributed by atoms with Crippen LogP contribution in [0.1, 0.15) is 113 Å². The standard InChI is InChI=1S/C27H26N.C22H20N.C21H22N.C20H18NO.C20H18NS/c1-17-14-23-21-12-8-9-13-24(21)27(3,4)25(23)16-22(17)26-20-11-7-6-10-19(20)15-18(2)28(26)5;1-15-12-17-8-4-5-9-18(17)14-21(15)22-20-11-7-6-10-19(20)13-16(2)23(22)3;1-13-8-6-10-16-18(13)20-19-15(12-14(2)22(20)5)9-7-11-17(19)21(16,3)4;2*1-13-10-16-8-9-22-19(16)12-18(13)20-17-7-5-4-6-15(17)11-14(2)21(20)3/h6-16H,1-5H3;4-14H,1-3H3;6-12H,1-5H3;2*4-12H,1-3H3/q5*+1/i15D;13D;12D;2*11D. The quantitative estimate of drug-likeness (QED) is 0.162. The van der Waals surface area contributed by atoms with Gasteiger partial charge in [0.1, 0.15) is 40.8 Å². The Morgan fingerprint density at radius 2 is 0.658 bits per heavy atom. The molecule has 0 bridgehead atoms. The van der Waals surface area contributed by atoms with Crippen LogP contribution in [0.4, 0.5) is 0 Å². The van der Waals surface area contributed by atoms with Gasteiger partial charge in [-0.2, -0.15) is 22.8 Å². The van der Waals surface area contributed by atoms with Crippen LogP contribution in [-0.2, 0) is 46.1 Å². The highest BCUT2D eigenvalue weighted by molar-refractivity contribution is 7.17. The third-order valence-electron chi connectivity index (χ3n) is 25.3. The molecule has 21 rings (SSSR count). The Hall–Kier alpha value is -12.6. The Morgan fingerprint density at radius 1 is 0.282 bits per heavy atom. The number of benzene rings is 12. The van der Waals surface area contributed by atoms with Crippen LogP contribution in [0.5, 0.6) is 0 Å². The van der Waals surface area contributed by atoms with Gasteiger partial charge >= 0.3 is 0 Å². The van der Waals surface area contributed by atoms with Crippen LogP contribution in [0.15, 0.2) is 289 Å². The molecular formula is C110H104N5OS+5. The third kappa shape index (κ3) is 13.4. The lowest BCUT2D eigenvalue weighted by Gasteiger charge is -2.34. The number of hydrogen-bond acceptors (Lipinski definition) is 2. The van der Waals surface area contributed by atoms with E-state index in [0.717, 1.165) is 99.2 Å². The fourth-order valence-corrected chi connectivity index (χ4v) is 19.3. The first-order valence-electron chi connectivity index (χ1n) is 43.2. The summed E-state index contributed by atoms with van der Waals surface area (Å²) >= 11 is 1.78. The number of thiophene rings is 1. The molecule has 0 aliphatic heterocycles. The van der Waals surface area contributed by atoms with Crippen molar-refractivity contribution in [2.75, 3.05) is 0 Å². The van der Waals surface area contributed by atoms with Crippen molar-refractivity contribution in [3.63, 3.8) is 0 Å². The average molecular weight is 1550 g/mol. The lowest BCUT2D eigenvalue weighted by molar-refractivity contribution is -0.665. The minimum absolute atomic E-state index is 0.0207. The van der Waals surface area contributed by atoms with Crippen LogP contribution in [0, 0.1) is 69.2 Å². The van der Waals surface area contributed by atoms with Crippen molar-refractivity contribution in [1.82, 2.24) is 0 Å². The SMILES string of the molecule is [2H]c1c(C)[n+](C)c(-c2cc3c(cc2C)-c2ccccc2C3(C)C)c2ccccc12.[2H]c1c(C)[n+](C)c(-c2cc3ccccc3cc2C)c2ccccc12.[2H]c1c(C)[n+](C)c(-c2cc3occc3cc2C)c2ccccc12.[2H]c1c(C)[n+](C)c(-c2cc3sccc3cc2C)c2ccccc12.[2H]c1c(C)[n+](C)c2c3c(cccc13)C(C)(C)c1cccc(C)c1-2. The number of pyridine rings is 5. The first kappa shape index (κ1) is 71.0. The zero-order valence-electron chi connectivity index (χ0n) is 75.8. The highest BCUT2D eigenvalue weighted by Gasteiger charge is 2.40. The molecule has 117 heavy (non-hydrogen) atoms. The van der Waals surface area contributed by atoms with Gasteiger partial charge in [-0.25, -0.2) is 0 Å². The van der Waals surface area contributed by atoms with E-state index in [2.05, 4.69) is 307 Å². The molecule has 0 amide bonds. The molecule has 0 unspecified atom stereocenters. The van der Waals surface area contributed by atoms with Gasteiger partial charge in [-0.3, -0.25) is 0 Å². The van der Waals surface area contributed by atoms with Gasteiger partial charge in [0.05, 0.1) is 67.9 Å². The second kappa shape index (κ2) is 30.3. The summed E-state index contributed by atoms with van der Waals surface area (Å²) in [6.45, 7) is 30.3. The van der Waals surface area contributed by atoms with E-state index in [1.165, 1.54) is 132 Å². The maximum atomic E-state index is 8.59. The van der Waals surface area contributed by atoms with E-state index >= 15 is 0 Å². The zero-order chi connectivity index (χ0) is 86.1. The first-order chi connectivity index (χ1) is 58.4. The summed E-state index contributed by atoms with van der Waals surface area (Å²) in [5, 5.41) is 17.9. The Labute approximate surface area is 700 Å². The molecule has 2 aliphatic rings. The number of nitrogens with zero attached hydrogens (tertiary/aromatic N) is 5. The van der Waals surface area contributed by atoms with Crippen LogP contribution >= 0.6 is 11.3 Å². The Kier molecular flexibility index (Phi) is 18.4. The molecule has 2 aliphatic carbocycles. The van der Waals surface area contributed by atoms with E-state index in [1.54, 1.807) is 17.6 Å². The topological polar surface area (TPSA) is 32.5 Å². The number of aryl methyl sites for hydroxylation is 5. The van der Waals surface area contributed by atoms with Crippen LogP contribution in [0.2, 0.25) is 0 Å². The molecule has 12 aromatic carbocycles. The van der Waals surface area contributed by atoms with Crippen molar-refractivity contribution >= 4 is 97.0 Å². The lowest BCUT2D eigenvalue weighted by atomic mass is 9.69. The summed E-state index contributed by atoms with van der Waals surface area (Å²) < 4.78 is 60.2. The lowest BCUT2D eigenvalue weighted by Crippen LogP contribution is -2.38. The van der Waals surface area contributed by atoms with Gasteiger partial charge in [0.15, 0.2) is 28.5 Å². The highest BCUT2D eigenvalue weighted by Crippen LogP contribution is 2.52. The summed E-state index contributed by atoms with van der Waals surface area (Å²) in [6.07, 6.45) is 1.73. The van der Waals surface area contributed by atoms with Crippen LogP contribution in [0.3, 0.4) is 0 Å². The maximum Gasteiger partial charge on any atom is 0.221 e. The molecule has 0 fully saturated rings. The molecule has 0 N–H and O–H groups in total. The van der Waals surface area contributed by atoms with Crippen LogP contribution in [-0.4, -0.2) is 0 Å². The summed E-state index contributed by atoms with van der Waals surface area (Å²) in [4.78, 5) is 0. The molecule has 576 valence electrons. The van der Waals surface area contributed by atoms with E-state index in [4.69, 9.17) is 11.3 Å². The fraction of sp³-hybridized carbons (Fsp3) is 0.191. The van der Waals surface area contributed by atoms with E-state index < -0.39 is 0 Å². The molecule has 6 nitrogen and oxygen atoms in total. The minimum Gasteiger partial charge on any atom is -0.464 e. The second-order valence-corrected chi connectivity index (χ2v) is 34.2. The van der Waals surface area contributed by atoms with Crippen LogP contribution in [0.25, 0.3) is 153 Å². The van der Waals surface area contributed by atoms with E-state index in [9.17, 15) is 0 Å². The summed E-state index contributed by atoms with van der Waals surface area (Å²) in [7, 11) is 10.3. The Morgan fingerprint density at radius 3 is 1.19 bits per heavy atom. The van der Waals surface area contributed by atoms with Gasteiger partial charge in [-0.05, 0) is 217 Å². The number of rotatable bonds is 4. The molecule has 0 spiro atoms. The van der Waals surface area contributed by atoms with Crippen molar-refractivity contribution in [2.45, 2.75) is 108 Å². The van der Waals surface area contributed by atoms with E-state index in [0.29, 0.717) is 30.2 Å². The third-order valence-corrected chi connectivity index (χ3v) is 26.2. The van der Waals surface area contributed by atoms with Gasteiger partial charge in [-0.1, -0.05) is 198 Å². The summed E-state index contributed by atoms with van der Waals surface area (Å²) in [6, 6.07) is 88.5. The molecule has 7 heterocycles. The van der Waals surface area contributed by atoms with Gasteiger partial charge < -0.3 is 4.42 Å². The maximum absolute atomic E-state index is 8.59. The van der Waals surface area contributed by atoms with Crippen molar-refractivity contribution in [2.24, 2.45) is 35.2 Å². The van der Waals surface area contributed by atoms with E-state index in [-0.39, 0.29) is 10.8 Å². The van der Waals surface area contributed by atoms with Crippen molar-refractivity contribution in [1.29, 1.82) is 0 Å². The van der Waals surface area contributed by atoms with Crippen molar-refractivity contribution in [3.05, 3.63) is 363 Å². The normalized spacial score (nSPS) is 13.3. The molecule has 0 saturated heterocycles. The number of hydrogen-bond donors (Lipinski definition) is 0. The molecule has 7 heteroatoms. The van der Waals surface area contributed by atoms with Gasteiger partial charge in [-0.15, -0.1) is 11.3 Å². The van der Waals surface area contributed by atoms with Crippen molar-refractivity contribution in [3.8, 4) is 67.4 Å². The van der Waals surface area contributed by atoms with Crippen molar-refractivity contribution < 1.29 is 34.1 Å². The average Bonchev–Trinajstić information content (AvgIpc) is 0.976. The predicted octanol–water partition coefficient (Wildman–Crippen LogP) is 25.8. The number of furan rings is 1. The minimum atomic E-state index is -0.0530. The monoisotopic (exact) mass is 1550 g/mol. The summed E-state index contributed by atoms with van der Waals surface area (Å²) in [5.41, 5.74) is 32.5. The second-order valence-electron chi connectivity index (χ2n) is 33.3. The Balaban J connectivity index is 0.000000109. The number of aromatic nitrogens is 5. The fourth-order valence-electron chi connectivity index (χ4n) is 18.5. The summed E-state index contributed by atoms with van der Waals surface area (Å²) in [5.74, 6) is 0. The zero-order valence-corrected chi connectivity index (χ0v) is 71.6. The largest absolute Gasteiger partial charge is 0.464 e.